The predicted octanol–water partition coefficient (Wildman–Crippen LogP) is 7.07. The Hall–Kier alpha value is -2.12. The van der Waals surface area contributed by atoms with Crippen LogP contribution < -0.4 is 0 Å². The van der Waals surface area contributed by atoms with E-state index in [1.54, 1.807) is 0 Å². The smallest absolute Gasteiger partial charge is 0.0221 e. The van der Waals surface area contributed by atoms with Crippen molar-refractivity contribution >= 4 is 12.2 Å². The molecule has 0 radical (unpaired) electrons. The Kier molecular flexibility index (Phi) is 6.67. The first-order valence-corrected chi connectivity index (χ1v) is 11.4. The van der Waals surface area contributed by atoms with E-state index in [0.717, 1.165) is 24.9 Å². The number of fused-ring (bicyclic) bond motifs is 2. The van der Waals surface area contributed by atoms with E-state index in [4.69, 9.17) is 0 Å². The van der Waals surface area contributed by atoms with Gasteiger partial charge in [-0.05, 0) is 48.6 Å². The predicted molar refractivity (Wildman–Crippen MR) is 126 cm³/mol. The van der Waals surface area contributed by atoms with Gasteiger partial charge in [-0.25, -0.2) is 0 Å². The van der Waals surface area contributed by atoms with Crippen LogP contribution in [0.4, 0.5) is 0 Å². The van der Waals surface area contributed by atoms with Crippen LogP contribution in [0.2, 0.25) is 0 Å². The Bertz CT molecular complexity index is 751. The zero-order chi connectivity index (χ0) is 19.9. The van der Waals surface area contributed by atoms with E-state index in [2.05, 4.69) is 96.8 Å². The highest BCUT2D eigenvalue weighted by atomic mass is 15.2. The van der Waals surface area contributed by atoms with Gasteiger partial charge < -0.3 is 0 Å². The van der Waals surface area contributed by atoms with Gasteiger partial charge in [0.25, 0.3) is 0 Å². The summed E-state index contributed by atoms with van der Waals surface area (Å²) in [6.07, 6.45) is 17.7. The molecule has 29 heavy (non-hydrogen) atoms. The van der Waals surface area contributed by atoms with Crippen molar-refractivity contribution in [2.24, 2.45) is 11.8 Å². The third kappa shape index (κ3) is 5.28. The van der Waals surface area contributed by atoms with Gasteiger partial charge >= 0.3 is 0 Å². The normalized spacial score (nSPS) is 27.1. The van der Waals surface area contributed by atoms with Crippen LogP contribution in [0, 0.1) is 11.8 Å². The van der Waals surface area contributed by atoms with Gasteiger partial charge in [0, 0.05) is 18.6 Å². The summed E-state index contributed by atoms with van der Waals surface area (Å²) in [5, 5.41) is 0. The molecule has 2 aromatic carbocycles. The van der Waals surface area contributed by atoms with Crippen LogP contribution in [-0.2, 0) is 0 Å². The lowest BCUT2D eigenvalue weighted by Crippen LogP contribution is -2.55. The summed E-state index contributed by atoms with van der Waals surface area (Å²) >= 11 is 0. The Labute approximate surface area is 177 Å². The molecule has 0 spiro atoms. The first-order valence-electron chi connectivity index (χ1n) is 11.4. The van der Waals surface area contributed by atoms with E-state index in [-0.39, 0.29) is 0 Å². The van der Waals surface area contributed by atoms with Gasteiger partial charge in [0.15, 0.2) is 0 Å². The molecule has 3 unspecified atom stereocenters. The molecule has 0 heterocycles. The first-order chi connectivity index (χ1) is 14.2. The molecule has 152 valence electrons. The van der Waals surface area contributed by atoms with Gasteiger partial charge in [-0.3, -0.25) is 4.90 Å². The zero-order valence-electron chi connectivity index (χ0n) is 17.8. The highest BCUT2D eigenvalue weighted by Crippen LogP contribution is 2.48. The van der Waals surface area contributed by atoms with Crippen molar-refractivity contribution in [3.63, 3.8) is 0 Å². The first kappa shape index (κ1) is 20.2. The molecule has 2 aliphatic rings. The molecular formula is C28H35N. The van der Waals surface area contributed by atoms with Crippen LogP contribution in [0.25, 0.3) is 12.2 Å². The summed E-state index contributed by atoms with van der Waals surface area (Å²) in [6, 6.07) is 21.4. The standard InChI is InChI=1S/C28H35N/c1-24-21-27-15-8-18-28(22-24,23-27)29(19-9-16-25-11-4-2-5-12-25)20-10-17-26-13-6-3-7-14-26/h2-7,9-14,16-17,24,27H,8,15,18-23H2,1H3/b16-9+,17-10+. The van der Waals surface area contributed by atoms with Crippen molar-refractivity contribution in [1.29, 1.82) is 0 Å². The Morgan fingerprint density at radius 2 is 1.45 bits per heavy atom. The van der Waals surface area contributed by atoms with Gasteiger partial charge in [0.05, 0.1) is 0 Å². The minimum absolute atomic E-state index is 0.392. The maximum atomic E-state index is 2.79. The van der Waals surface area contributed by atoms with Crippen molar-refractivity contribution in [2.75, 3.05) is 13.1 Å². The third-order valence-corrected chi connectivity index (χ3v) is 6.93. The molecule has 2 fully saturated rings. The lowest BCUT2D eigenvalue weighted by molar-refractivity contribution is -0.00929. The van der Waals surface area contributed by atoms with Crippen molar-refractivity contribution in [2.45, 2.75) is 51.0 Å². The second-order valence-electron chi connectivity index (χ2n) is 9.26. The van der Waals surface area contributed by atoms with Crippen molar-refractivity contribution < 1.29 is 0 Å². The average molecular weight is 386 g/mol. The number of benzene rings is 2. The highest BCUT2D eigenvalue weighted by Gasteiger charge is 2.44. The van der Waals surface area contributed by atoms with Gasteiger partial charge in [-0.2, -0.15) is 0 Å². The monoisotopic (exact) mass is 385 g/mol. The van der Waals surface area contributed by atoms with E-state index in [9.17, 15) is 0 Å². The second-order valence-corrected chi connectivity index (χ2v) is 9.26. The maximum absolute atomic E-state index is 2.79. The summed E-state index contributed by atoms with van der Waals surface area (Å²) in [7, 11) is 0. The fraction of sp³-hybridized carbons (Fsp3) is 0.429. The summed E-state index contributed by atoms with van der Waals surface area (Å²) in [4.78, 5) is 2.79. The van der Waals surface area contributed by atoms with Crippen LogP contribution in [0.3, 0.4) is 0 Å². The molecule has 2 aromatic rings. The summed E-state index contributed by atoms with van der Waals surface area (Å²) in [5.74, 6) is 1.79. The van der Waals surface area contributed by atoms with Crippen molar-refractivity contribution in [3.8, 4) is 0 Å². The zero-order valence-corrected chi connectivity index (χ0v) is 17.8. The van der Waals surface area contributed by atoms with Crippen molar-refractivity contribution in [3.05, 3.63) is 83.9 Å². The Morgan fingerprint density at radius 1 is 0.862 bits per heavy atom. The van der Waals surface area contributed by atoms with Gasteiger partial charge in [0.1, 0.15) is 0 Å². The number of hydrogen-bond acceptors (Lipinski definition) is 1. The lowest BCUT2D eigenvalue weighted by Gasteiger charge is -2.53. The molecule has 1 nitrogen and oxygen atoms in total. The summed E-state index contributed by atoms with van der Waals surface area (Å²) < 4.78 is 0. The Morgan fingerprint density at radius 3 is 2.03 bits per heavy atom. The molecule has 3 atom stereocenters. The molecule has 1 heteroatoms. The molecule has 2 aliphatic carbocycles. The molecule has 0 aromatic heterocycles. The molecule has 0 amide bonds. The topological polar surface area (TPSA) is 3.24 Å². The molecule has 0 saturated heterocycles. The fourth-order valence-electron chi connectivity index (χ4n) is 5.79. The number of hydrogen-bond donors (Lipinski definition) is 0. The van der Waals surface area contributed by atoms with Crippen molar-refractivity contribution in [1.82, 2.24) is 4.90 Å². The minimum Gasteiger partial charge on any atom is -0.290 e. The van der Waals surface area contributed by atoms with E-state index < -0.39 is 0 Å². The maximum Gasteiger partial charge on any atom is 0.0221 e. The van der Waals surface area contributed by atoms with E-state index in [1.807, 2.05) is 0 Å². The molecule has 4 rings (SSSR count). The second kappa shape index (κ2) is 9.59. The Balaban J connectivity index is 1.51. The van der Waals surface area contributed by atoms with Crippen LogP contribution in [0.15, 0.2) is 72.8 Å². The van der Waals surface area contributed by atoms with E-state index >= 15 is 0 Å². The quantitative estimate of drug-likeness (QED) is 0.492. The molecule has 0 aliphatic heterocycles. The minimum atomic E-state index is 0.392. The molecule has 0 N–H and O–H groups in total. The summed E-state index contributed by atoms with van der Waals surface area (Å²) in [5.41, 5.74) is 2.98. The van der Waals surface area contributed by atoms with Gasteiger partial charge in [-0.15, -0.1) is 0 Å². The van der Waals surface area contributed by atoms with Crippen LogP contribution in [0.5, 0.6) is 0 Å². The fourth-order valence-corrected chi connectivity index (χ4v) is 5.79. The number of nitrogens with zero attached hydrogens (tertiary/aromatic N) is 1. The van der Waals surface area contributed by atoms with Crippen LogP contribution >= 0.6 is 0 Å². The van der Waals surface area contributed by atoms with Crippen LogP contribution in [0.1, 0.15) is 56.6 Å². The average Bonchev–Trinajstić information content (AvgIpc) is 2.74. The third-order valence-electron chi connectivity index (χ3n) is 6.93. The highest BCUT2D eigenvalue weighted by molar-refractivity contribution is 5.50. The van der Waals surface area contributed by atoms with E-state index in [0.29, 0.717) is 5.54 Å². The van der Waals surface area contributed by atoms with Gasteiger partial charge in [0.2, 0.25) is 0 Å². The van der Waals surface area contributed by atoms with Gasteiger partial charge in [-0.1, -0.05) is 105 Å². The SMILES string of the molecule is CC1CC2CCCC(N(C/C=C/c3ccccc3)C/C=C/c3ccccc3)(C1)C2. The molecular weight excluding hydrogens is 350 g/mol. The molecule has 2 saturated carbocycles. The number of rotatable bonds is 7. The van der Waals surface area contributed by atoms with E-state index in [1.165, 1.54) is 49.7 Å². The van der Waals surface area contributed by atoms with Crippen LogP contribution in [-0.4, -0.2) is 23.5 Å². The molecule has 2 bridgehead atoms. The largest absolute Gasteiger partial charge is 0.290 e. The summed E-state index contributed by atoms with van der Waals surface area (Å²) in [6.45, 7) is 4.55. The lowest BCUT2D eigenvalue weighted by atomic mass is 9.63.